The molecule has 0 radical (unpaired) electrons. The molecule has 0 unspecified atom stereocenters. The number of hydrogen-bond donors (Lipinski definition) is 1. The van der Waals surface area contributed by atoms with Gasteiger partial charge in [-0.25, -0.2) is 8.42 Å². The smallest absolute Gasteiger partial charge is 0.243 e. The number of carbonyl (C=O) groups is 1. The quantitative estimate of drug-likeness (QED) is 0.597. The minimum absolute atomic E-state index is 0.285. The fourth-order valence-electron chi connectivity index (χ4n) is 3.20. The number of hydrogen-bond acceptors (Lipinski definition) is 3. The molecule has 0 fully saturated rings. The monoisotopic (exact) mass is 436 g/mol. The Labute approximate surface area is 179 Å². The summed E-state index contributed by atoms with van der Waals surface area (Å²) in [5.74, 6) is -0.285. The van der Waals surface area contributed by atoms with E-state index in [-0.39, 0.29) is 5.91 Å². The molecule has 1 N–H and O–H groups in total. The average molecular weight is 437 g/mol. The van der Waals surface area contributed by atoms with Crippen LogP contribution in [0.4, 0.5) is 5.69 Å². The summed E-state index contributed by atoms with van der Waals surface area (Å²) >= 11 is 5.89. The maximum absolute atomic E-state index is 12.8. The first-order valence-electron chi connectivity index (χ1n) is 9.72. The largest absolute Gasteiger partial charge is 0.354 e. The van der Waals surface area contributed by atoms with Gasteiger partial charge < -0.3 is 5.32 Å². The van der Waals surface area contributed by atoms with Gasteiger partial charge in [-0.05, 0) is 74.1 Å². The molecular weight excluding hydrogens is 408 g/mol. The Bertz CT molecular complexity index is 943. The third kappa shape index (κ3) is 6.47. The second-order valence-electron chi connectivity index (χ2n) is 7.27. The molecule has 0 heterocycles. The molecule has 5 nitrogen and oxygen atoms in total. The Balaban J connectivity index is 2.07. The van der Waals surface area contributed by atoms with Crippen LogP contribution in [0.25, 0.3) is 0 Å². The summed E-state index contributed by atoms with van der Waals surface area (Å²) in [6.45, 7) is 6.19. The van der Waals surface area contributed by atoms with Crippen molar-refractivity contribution in [3.05, 3.63) is 64.2 Å². The molecule has 1 atom stereocenters. The maximum Gasteiger partial charge on any atom is 0.243 e. The van der Waals surface area contributed by atoms with E-state index in [0.29, 0.717) is 23.7 Å². The van der Waals surface area contributed by atoms with Gasteiger partial charge in [0.2, 0.25) is 15.9 Å². The van der Waals surface area contributed by atoms with Crippen molar-refractivity contribution >= 4 is 33.2 Å². The van der Waals surface area contributed by atoms with Crippen LogP contribution < -0.4 is 9.62 Å². The topological polar surface area (TPSA) is 66.5 Å². The van der Waals surface area contributed by atoms with E-state index in [1.54, 1.807) is 6.07 Å². The van der Waals surface area contributed by atoms with Crippen molar-refractivity contribution in [2.75, 3.05) is 17.1 Å². The number of sulfonamides is 1. The third-order valence-corrected chi connectivity index (χ3v) is 6.36. The van der Waals surface area contributed by atoms with E-state index < -0.39 is 16.1 Å². The number of rotatable bonds is 9. The van der Waals surface area contributed by atoms with Crippen molar-refractivity contribution in [2.24, 2.45) is 0 Å². The molecule has 0 aliphatic carbocycles. The molecule has 7 heteroatoms. The van der Waals surface area contributed by atoms with Gasteiger partial charge in [0.25, 0.3) is 0 Å². The molecule has 0 aliphatic rings. The Morgan fingerprint density at radius 3 is 2.31 bits per heavy atom. The Morgan fingerprint density at radius 1 is 1.10 bits per heavy atom. The number of anilines is 1. The summed E-state index contributed by atoms with van der Waals surface area (Å²) in [7, 11) is -3.62. The molecule has 0 saturated heterocycles. The van der Waals surface area contributed by atoms with Crippen LogP contribution >= 0.6 is 11.6 Å². The van der Waals surface area contributed by atoms with E-state index in [1.165, 1.54) is 4.31 Å². The van der Waals surface area contributed by atoms with Crippen molar-refractivity contribution in [1.82, 2.24) is 5.32 Å². The summed E-state index contributed by atoms with van der Waals surface area (Å²) < 4.78 is 26.3. The van der Waals surface area contributed by atoms with Crippen LogP contribution in [0.5, 0.6) is 0 Å². The van der Waals surface area contributed by atoms with Gasteiger partial charge >= 0.3 is 0 Å². The molecule has 158 valence electrons. The van der Waals surface area contributed by atoms with Crippen molar-refractivity contribution in [3.8, 4) is 0 Å². The Kier molecular flexibility index (Phi) is 8.11. The molecule has 1 amide bonds. The SMILES string of the molecule is CC[C@H](C(=O)NCCCc1ccc(Cl)cc1)N(c1ccc(C)c(C)c1)S(C)(=O)=O. The van der Waals surface area contributed by atoms with E-state index in [9.17, 15) is 13.2 Å². The van der Waals surface area contributed by atoms with Gasteiger partial charge in [0, 0.05) is 11.6 Å². The van der Waals surface area contributed by atoms with Crippen molar-refractivity contribution in [1.29, 1.82) is 0 Å². The molecule has 29 heavy (non-hydrogen) atoms. The predicted octanol–water partition coefficient (Wildman–Crippen LogP) is 4.25. The maximum atomic E-state index is 12.8. The van der Waals surface area contributed by atoms with E-state index in [1.807, 2.05) is 57.2 Å². The van der Waals surface area contributed by atoms with Crippen LogP contribution in [0.3, 0.4) is 0 Å². The summed E-state index contributed by atoms with van der Waals surface area (Å²) in [6, 6.07) is 12.3. The number of benzene rings is 2. The van der Waals surface area contributed by atoms with Gasteiger partial charge in [-0.2, -0.15) is 0 Å². The molecule has 0 saturated carbocycles. The number of nitrogens with zero attached hydrogens (tertiary/aromatic N) is 1. The molecule has 2 aromatic carbocycles. The molecule has 2 aromatic rings. The zero-order valence-corrected chi connectivity index (χ0v) is 19.0. The van der Waals surface area contributed by atoms with Crippen LogP contribution in [0.1, 0.15) is 36.5 Å². The first-order chi connectivity index (χ1) is 13.6. The molecule has 0 bridgehead atoms. The molecule has 0 aromatic heterocycles. The highest BCUT2D eigenvalue weighted by Gasteiger charge is 2.31. The van der Waals surface area contributed by atoms with Gasteiger partial charge in [-0.1, -0.05) is 36.7 Å². The first-order valence-corrected chi connectivity index (χ1v) is 11.9. The lowest BCUT2D eigenvalue weighted by atomic mass is 10.1. The zero-order valence-electron chi connectivity index (χ0n) is 17.4. The minimum atomic E-state index is -3.62. The summed E-state index contributed by atoms with van der Waals surface area (Å²) in [5.41, 5.74) is 3.71. The van der Waals surface area contributed by atoms with Crippen LogP contribution in [0.2, 0.25) is 5.02 Å². The van der Waals surface area contributed by atoms with E-state index in [0.717, 1.165) is 35.8 Å². The van der Waals surface area contributed by atoms with E-state index in [4.69, 9.17) is 11.6 Å². The number of amides is 1. The lowest BCUT2D eigenvalue weighted by Crippen LogP contribution is -2.49. The molecule has 2 rings (SSSR count). The molecule has 0 aliphatic heterocycles. The normalized spacial score (nSPS) is 12.4. The van der Waals surface area contributed by atoms with Gasteiger partial charge in [0.05, 0.1) is 11.9 Å². The Hall–Kier alpha value is -2.05. The second kappa shape index (κ2) is 10.1. The summed E-state index contributed by atoms with van der Waals surface area (Å²) in [5, 5.41) is 3.59. The van der Waals surface area contributed by atoms with Gasteiger partial charge in [0.1, 0.15) is 6.04 Å². The van der Waals surface area contributed by atoms with Gasteiger partial charge in [-0.15, -0.1) is 0 Å². The summed E-state index contributed by atoms with van der Waals surface area (Å²) in [6.07, 6.45) is 3.08. The molecule has 0 spiro atoms. The number of carbonyl (C=O) groups excluding carboxylic acids is 1. The molecular formula is C22H29ClN2O3S. The van der Waals surface area contributed by atoms with Gasteiger partial charge in [-0.3, -0.25) is 9.10 Å². The fraction of sp³-hybridized carbons (Fsp3) is 0.409. The fourth-order valence-corrected chi connectivity index (χ4v) is 4.53. The number of aryl methyl sites for hydroxylation is 3. The number of nitrogens with one attached hydrogen (secondary N) is 1. The Morgan fingerprint density at radius 2 is 1.76 bits per heavy atom. The van der Waals surface area contributed by atoms with Crippen molar-refractivity contribution in [2.45, 2.75) is 46.1 Å². The van der Waals surface area contributed by atoms with E-state index >= 15 is 0 Å². The van der Waals surface area contributed by atoms with Gasteiger partial charge in [0.15, 0.2) is 0 Å². The van der Waals surface area contributed by atoms with E-state index in [2.05, 4.69) is 5.32 Å². The predicted molar refractivity (Wildman–Crippen MR) is 120 cm³/mol. The third-order valence-electron chi connectivity index (χ3n) is 4.93. The summed E-state index contributed by atoms with van der Waals surface area (Å²) in [4.78, 5) is 12.8. The van der Waals surface area contributed by atoms with Crippen LogP contribution in [-0.4, -0.2) is 33.2 Å². The number of halogens is 1. The van der Waals surface area contributed by atoms with Crippen LogP contribution in [0.15, 0.2) is 42.5 Å². The minimum Gasteiger partial charge on any atom is -0.354 e. The van der Waals surface area contributed by atoms with Crippen molar-refractivity contribution < 1.29 is 13.2 Å². The highest BCUT2D eigenvalue weighted by molar-refractivity contribution is 7.92. The highest BCUT2D eigenvalue weighted by Crippen LogP contribution is 2.25. The average Bonchev–Trinajstić information content (AvgIpc) is 2.66. The van der Waals surface area contributed by atoms with Crippen LogP contribution in [-0.2, 0) is 21.2 Å². The second-order valence-corrected chi connectivity index (χ2v) is 9.57. The zero-order chi connectivity index (χ0) is 21.6. The first kappa shape index (κ1) is 23.2. The lowest BCUT2D eigenvalue weighted by molar-refractivity contribution is -0.122. The highest BCUT2D eigenvalue weighted by atomic mass is 35.5. The van der Waals surface area contributed by atoms with Crippen LogP contribution in [0, 0.1) is 13.8 Å². The lowest BCUT2D eigenvalue weighted by Gasteiger charge is -2.30. The standard InChI is InChI=1S/C22H29ClN2O3S/c1-5-21(22(26)24-14-6-7-18-9-11-19(23)12-10-18)25(29(4,27)28)20-13-8-16(2)17(3)15-20/h8-13,15,21H,5-7,14H2,1-4H3,(H,24,26)/t21-/m1/s1. The van der Waals surface area contributed by atoms with Crippen molar-refractivity contribution in [3.63, 3.8) is 0 Å².